The molecule has 5 atom stereocenters. The fraction of sp³-hybridized carbons (Fsp3) is 0.600. The number of alkyl carbamates (subject to hydrolysis) is 1. The van der Waals surface area contributed by atoms with Crippen molar-refractivity contribution in [3.63, 3.8) is 0 Å². The van der Waals surface area contributed by atoms with E-state index in [1.807, 2.05) is 41.8 Å². The Bertz CT molecular complexity index is 2360. The Morgan fingerprint density at radius 2 is 1.70 bits per heavy atom. The van der Waals surface area contributed by atoms with Gasteiger partial charge in [0.2, 0.25) is 21.8 Å². The zero-order chi connectivity index (χ0) is 43.7. The van der Waals surface area contributed by atoms with Crippen molar-refractivity contribution in [2.24, 2.45) is 5.92 Å². The van der Waals surface area contributed by atoms with Gasteiger partial charge in [-0.05, 0) is 89.2 Å². The quantitative estimate of drug-likeness (QED) is 0.161. The topological polar surface area (TPSA) is 207 Å². The third-order valence-electron chi connectivity index (χ3n) is 13.4. The van der Waals surface area contributed by atoms with Gasteiger partial charge in [-0.15, -0.1) is 11.3 Å². The van der Waals surface area contributed by atoms with E-state index in [4.69, 9.17) is 24.2 Å². The second-order valence-electron chi connectivity index (χ2n) is 18.1. The van der Waals surface area contributed by atoms with E-state index in [2.05, 4.69) is 20.7 Å². The predicted molar refractivity (Wildman–Crippen MR) is 237 cm³/mol. The highest BCUT2D eigenvalue weighted by Gasteiger charge is 2.62. The van der Waals surface area contributed by atoms with Gasteiger partial charge in [-0.3, -0.25) is 19.1 Å². The molecule has 4 aliphatic carbocycles. The maximum absolute atomic E-state index is 14.8. The summed E-state index contributed by atoms with van der Waals surface area (Å²) in [6.07, 6.45) is 14.8. The van der Waals surface area contributed by atoms with Crippen molar-refractivity contribution >= 4 is 61.2 Å². The molecule has 1 saturated heterocycles. The first kappa shape index (κ1) is 43.3. The predicted octanol–water partition coefficient (Wildman–Crippen LogP) is 6.11. The van der Waals surface area contributed by atoms with Gasteiger partial charge in [0.25, 0.3) is 5.91 Å². The minimum atomic E-state index is -3.91. The van der Waals surface area contributed by atoms with E-state index in [-0.39, 0.29) is 25.5 Å². The molecule has 0 radical (unpaired) electrons. The number of nitrogens with zero attached hydrogens (tertiary/aromatic N) is 3. The second kappa shape index (κ2) is 18.3. The van der Waals surface area contributed by atoms with Gasteiger partial charge in [-0.25, -0.2) is 23.2 Å². The highest BCUT2D eigenvalue weighted by atomic mass is 32.2. The van der Waals surface area contributed by atoms with Gasteiger partial charge in [-0.2, -0.15) is 0 Å². The SMILES string of the molecule is COc1ccc2c(O[C@@H]3CC4C(=O)N[C@]5(C(=O)NS(=O)(=O)C6CC6)C[C@@H]5/C=C\CCCCC[C@H](NC(=O)OC5CCCC5)C(=O)N4C3)cc(-c3csc(NC4CCCC4)n3)nc2c1. The van der Waals surface area contributed by atoms with Crippen LogP contribution in [0.25, 0.3) is 22.3 Å². The molecule has 338 valence electrons. The molecule has 0 spiro atoms. The number of thiazole rings is 1. The number of allylic oxidation sites excluding steroid dienone is 1. The number of carbonyl (C=O) groups excluding carboxylic acids is 4. The molecule has 0 bridgehead atoms. The van der Waals surface area contributed by atoms with E-state index in [1.54, 1.807) is 7.11 Å². The molecule has 2 aliphatic heterocycles. The standard InChI is InChI=1S/C45H57N7O9S2/c1-59-30-17-20-33-35(21-30)47-36(37-26-62-43(48-37)46-28-12-7-8-13-28)23-39(33)60-31-22-38-40(53)50-45(42(55)51-63(57,58)32-18-19-32)24-27(45)11-5-3-2-4-6-16-34(41(54)52(38)25-31)49-44(56)61-29-14-9-10-15-29/h5,11,17,20-21,23,26-29,31-32,34,38H,2-4,6-10,12-16,18-19,22,24-25H2,1H3,(H,46,48)(H,49,56)(H,50,53)(H,51,55)/b11-5-/t27-,31+,34-,38?,45+/m0/s1. The molecule has 4 heterocycles. The molecule has 1 unspecified atom stereocenters. The van der Waals surface area contributed by atoms with Gasteiger partial charge >= 0.3 is 6.09 Å². The number of pyridine rings is 1. The molecule has 9 rings (SSSR count). The van der Waals surface area contributed by atoms with Crippen LogP contribution >= 0.6 is 11.3 Å². The Balaban J connectivity index is 1.02. The summed E-state index contributed by atoms with van der Waals surface area (Å²) in [7, 11) is -2.33. The van der Waals surface area contributed by atoms with Crippen molar-refractivity contribution in [2.45, 2.75) is 150 Å². The monoisotopic (exact) mass is 903 g/mol. The highest BCUT2D eigenvalue weighted by Crippen LogP contribution is 2.46. The van der Waals surface area contributed by atoms with Crippen molar-refractivity contribution in [1.29, 1.82) is 0 Å². The number of aromatic nitrogens is 2. The van der Waals surface area contributed by atoms with Crippen LogP contribution in [0.5, 0.6) is 11.5 Å². The fourth-order valence-corrected chi connectivity index (χ4v) is 11.7. The Labute approximate surface area is 371 Å². The van der Waals surface area contributed by atoms with E-state index in [9.17, 15) is 27.6 Å². The second-order valence-corrected chi connectivity index (χ2v) is 20.9. The number of ether oxygens (including phenoxy) is 3. The number of rotatable bonds is 11. The number of hydrogen-bond acceptors (Lipinski definition) is 13. The molecule has 6 aliphatic rings. The molecule has 16 nitrogen and oxygen atoms in total. The van der Waals surface area contributed by atoms with Gasteiger partial charge in [0.05, 0.1) is 30.1 Å². The van der Waals surface area contributed by atoms with Gasteiger partial charge in [-0.1, -0.05) is 37.8 Å². The molecule has 3 aromatic rings. The first-order valence-electron chi connectivity index (χ1n) is 22.7. The molecule has 4 amide bonds. The lowest BCUT2D eigenvalue weighted by Gasteiger charge is -2.30. The largest absolute Gasteiger partial charge is 0.497 e. The van der Waals surface area contributed by atoms with E-state index < -0.39 is 68.7 Å². The number of methoxy groups -OCH3 is 1. The Morgan fingerprint density at radius 1 is 0.921 bits per heavy atom. The maximum Gasteiger partial charge on any atom is 0.408 e. The summed E-state index contributed by atoms with van der Waals surface area (Å²) >= 11 is 1.52. The van der Waals surface area contributed by atoms with Crippen molar-refractivity contribution in [2.75, 3.05) is 19.0 Å². The number of sulfonamides is 1. The Hall–Kier alpha value is -4.97. The molecule has 4 N–H and O–H groups in total. The minimum absolute atomic E-state index is 0.00712. The number of nitrogens with one attached hydrogen (secondary N) is 4. The van der Waals surface area contributed by atoms with Crippen LogP contribution in [0.4, 0.5) is 9.93 Å². The summed E-state index contributed by atoms with van der Waals surface area (Å²) in [5.41, 5.74) is 0.340. The van der Waals surface area contributed by atoms with Crippen LogP contribution < -0.4 is 30.1 Å². The van der Waals surface area contributed by atoms with Gasteiger partial charge in [0.1, 0.15) is 47.0 Å². The first-order chi connectivity index (χ1) is 30.5. The van der Waals surface area contributed by atoms with Crippen LogP contribution in [0.15, 0.2) is 41.8 Å². The summed E-state index contributed by atoms with van der Waals surface area (Å²) in [4.78, 5) is 68.0. The maximum atomic E-state index is 14.8. The van der Waals surface area contributed by atoms with Crippen LogP contribution in [0, 0.1) is 5.92 Å². The lowest BCUT2D eigenvalue weighted by atomic mass is 10.0. The summed E-state index contributed by atoms with van der Waals surface area (Å²) in [5.74, 6) is -1.21. The molecule has 63 heavy (non-hydrogen) atoms. The number of hydrogen-bond donors (Lipinski definition) is 4. The fourth-order valence-electron chi connectivity index (χ4n) is 9.60. The number of amides is 4. The smallest absolute Gasteiger partial charge is 0.408 e. The molecular formula is C45H57N7O9S2. The molecular weight excluding hydrogens is 847 g/mol. The zero-order valence-electron chi connectivity index (χ0n) is 35.6. The van der Waals surface area contributed by atoms with Crippen LogP contribution in [0.2, 0.25) is 0 Å². The number of carbonyl (C=O) groups is 4. The van der Waals surface area contributed by atoms with Gasteiger partial charge in [0, 0.05) is 41.3 Å². The Kier molecular flexibility index (Phi) is 12.5. The van der Waals surface area contributed by atoms with Crippen LogP contribution in [0.3, 0.4) is 0 Å². The van der Waals surface area contributed by atoms with Crippen molar-refractivity contribution in [3.05, 3.63) is 41.8 Å². The summed E-state index contributed by atoms with van der Waals surface area (Å²) in [6.45, 7) is -0.00712. The summed E-state index contributed by atoms with van der Waals surface area (Å²) in [5, 5.41) is 12.2. The third kappa shape index (κ3) is 9.76. The van der Waals surface area contributed by atoms with Gasteiger partial charge < -0.3 is 35.1 Å². The number of fused-ring (bicyclic) bond motifs is 3. The number of anilines is 1. The van der Waals surface area contributed by atoms with Crippen LogP contribution in [-0.4, -0.2) is 102 Å². The van der Waals surface area contributed by atoms with Crippen molar-refractivity contribution in [1.82, 2.24) is 30.2 Å². The van der Waals surface area contributed by atoms with E-state index in [0.29, 0.717) is 71.9 Å². The lowest BCUT2D eigenvalue weighted by Crippen LogP contribution is -2.58. The number of benzene rings is 1. The van der Waals surface area contributed by atoms with E-state index in [0.717, 1.165) is 56.5 Å². The first-order valence-corrected chi connectivity index (χ1v) is 25.1. The summed E-state index contributed by atoms with van der Waals surface area (Å²) < 4.78 is 46.3. The van der Waals surface area contributed by atoms with Crippen molar-refractivity contribution < 1.29 is 41.8 Å². The average Bonchev–Trinajstić information content (AvgIpc) is 3.84. The molecule has 5 fully saturated rings. The average molecular weight is 904 g/mol. The lowest BCUT2D eigenvalue weighted by molar-refractivity contribution is -0.141. The molecule has 2 aromatic heterocycles. The van der Waals surface area contributed by atoms with Crippen LogP contribution in [-0.2, 0) is 29.1 Å². The van der Waals surface area contributed by atoms with Crippen molar-refractivity contribution in [3.8, 4) is 22.9 Å². The highest BCUT2D eigenvalue weighted by molar-refractivity contribution is 7.91. The van der Waals surface area contributed by atoms with Gasteiger partial charge in [0.15, 0.2) is 5.13 Å². The molecule has 18 heteroatoms. The Morgan fingerprint density at radius 3 is 2.48 bits per heavy atom. The van der Waals surface area contributed by atoms with E-state index >= 15 is 0 Å². The zero-order valence-corrected chi connectivity index (χ0v) is 37.3. The third-order valence-corrected chi connectivity index (χ3v) is 16.0. The minimum Gasteiger partial charge on any atom is -0.497 e. The van der Waals surface area contributed by atoms with E-state index in [1.165, 1.54) is 29.1 Å². The summed E-state index contributed by atoms with van der Waals surface area (Å²) in [6, 6.07) is 5.60. The normalized spacial score (nSPS) is 27.7. The molecule has 4 saturated carbocycles. The molecule has 1 aromatic carbocycles. The van der Waals surface area contributed by atoms with Crippen LogP contribution in [0.1, 0.15) is 109 Å².